The van der Waals surface area contributed by atoms with Crippen LogP contribution in [0.4, 0.5) is 0 Å². The third kappa shape index (κ3) is 3.34. The molecule has 3 nitrogen and oxygen atoms in total. The van der Waals surface area contributed by atoms with E-state index in [0.29, 0.717) is 0 Å². The van der Waals surface area contributed by atoms with Gasteiger partial charge in [0.25, 0.3) is 0 Å². The Balaban J connectivity index is 2.28. The van der Waals surface area contributed by atoms with E-state index in [-0.39, 0.29) is 6.04 Å². The molecule has 1 aromatic rings. The number of allylic oxidation sites excluding steroid dienone is 1. The van der Waals surface area contributed by atoms with Crippen molar-refractivity contribution < 1.29 is 9.47 Å². The highest BCUT2D eigenvalue weighted by molar-refractivity contribution is 5.47. The van der Waals surface area contributed by atoms with Crippen molar-refractivity contribution in [2.45, 2.75) is 38.1 Å². The summed E-state index contributed by atoms with van der Waals surface area (Å²) in [7, 11) is 5.43. The summed E-state index contributed by atoms with van der Waals surface area (Å²) in [4.78, 5) is 0. The highest BCUT2D eigenvalue weighted by Gasteiger charge is 2.21. The summed E-state index contributed by atoms with van der Waals surface area (Å²) in [5.74, 6) is 1.78. The van der Waals surface area contributed by atoms with Gasteiger partial charge in [0, 0.05) is 6.04 Å². The van der Waals surface area contributed by atoms with Crippen molar-refractivity contribution in [3.8, 4) is 11.5 Å². The van der Waals surface area contributed by atoms with Crippen LogP contribution in [-0.2, 0) is 0 Å². The number of rotatable bonds is 6. The third-order valence-electron chi connectivity index (χ3n) is 4.01. The van der Waals surface area contributed by atoms with E-state index in [1.807, 2.05) is 25.2 Å². The summed E-state index contributed by atoms with van der Waals surface area (Å²) in [6.07, 6.45) is 8.49. The normalized spacial score (nSPS) is 16.4. The summed E-state index contributed by atoms with van der Waals surface area (Å²) >= 11 is 0. The summed E-state index contributed by atoms with van der Waals surface area (Å²) in [5.41, 5.74) is 2.66. The van der Waals surface area contributed by atoms with Gasteiger partial charge in [-0.1, -0.05) is 17.7 Å². The fraction of sp³-hybridized carbons (Fsp3) is 0.529. The molecule has 0 heterocycles. The van der Waals surface area contributed by atoms with Crippen molar-refractivity contribution in [2.24, 2.45) is 0 Å². The third-order valence-corrected chi connectivity index (χ3v) is 4.01. The average Bonchev–Trinajstić information content (AvgIpc) is 2.52. The van der Waals surface area contributed by atoms with Crippen molar-refractivity contribution >= 4 is 0 Å². The van der Waals surface area contributed by atoms with E-state index in [0.717, 1.165) is 23.5 Å². The van der Waals surface area contributed by atoms with Crippen LogP contribution in [0.25, 0.3) is 0 Å². The minimum Gasteiger partial charge on any atom is -0.496 e. The lowest BCUT2D eigenvalue weighted by atomic mass is 9.91. The van der Waals surface area contributed by atoms with Crippen LogP contribution in [0.2, 0.25) is 0 Å². The van der Waals surface area contributed by atoms with Crippen LogP contribution in [0, 0.1) is 0 Å². The Morgan fingerprint density at radius 2 is 1.85 bits per heavy atom. The number of hydrogen-bond donors (Lipinski definition) is 1. The van der Waals surface area contributed by atoms with E-state index in [9.17, 15) is 0 Å². The molecule has 1 aromatic carbocycles. The molecule has 0 bridgehead atoms. The minimum absolute atomic E-state index is 0.227. The Morgan fingerprint density at radius 3 is 2.35 bits per heavy atom. The number of ether oxygens (including phenoxy) is 2. The fourth-order valence-electron chi connectivity index (χ4n) is 2.92. The van der Waals surface area contributed by atoms with Crippen LogP contribution in [0.1, 0.15) is 43.7 Å². The minimum atomic E-state index is 0.227. The predicted octanol–water partition coefficient (Wildman–Crippen LogP) is 3.85. The Labute approximate surface area is 122 Å². The first kappa shape index (κ1) is 14.9. The zero-order chi connectivity index (χ0) is 14.4. The van der Waals surface area contributed by atoms with E-state index < -0.39 is 0 Å². The zero-order valence-electron chi connectivity index (χ0n) is 12.7. The SMILES string of the molecule is CNC(CC1=CCCCC1)c1c(OC)cccc1OC. The molecule has 1 aliphatic rings. The molecule has 1 atom stereocenters. The van der Waals surface area contributed by atoms with E-state index >= 15 is 0 Å². The molecule has 0 radical (unpaired) electrons. The lowest BCUT2D eigenvalue weighted by Gasteiger charge is -2.24. The van der Waals surface area contributed by atoms with Gasteiger partial charge in [-0.2, -0.15) is 0 Å². The first-order valence-corrected chi connectivity index (χ1v) is 7.36. The van der Waals surface area contributed by atoms with Crippen molar-refractivity contribution in [1.29, 1.82) is 0 Å². The van der Waals surface area contributed by atoms with Crippen LogP contribution in [-0.4, -0.2) is 21.3 Å². The number of hydrogen-bond acceptors (Lipinski definition) is 3. The molecule has 0 saturated carbocycles. The smallest absolute Gasteiger partial charge is 0.127 e. The van der Waals surface area contributed by atoms with Gasteiger partial charge < -0.3 is 14.8 Å². The molecule has 0 amide bonds. The van der Waals surface area contributed by atoms with Gasteiger partial charge in [0.1, 0.15) is 11.5 Å². The summed E-state index contributed by atoms with van der Waals surface area (Å²) < 4.78 is 11.0. The summed E-state index contributed by atoms with van der Waals surface area (Å²) in [5, 5.41) is 3.41. The Kier molecular flexibility index (Phi) is 5.48. The highest BCUT2D eigenvalue weighted by Crippen LogP contribution is 2.37. The van der Waals surface area contributed by atoms with Crippen LogP contribution < -0.4 is 14.8 Å². The van der Waals surface area contributed by atoms with Gasteiger partial charge in [-0.25, -0.2) is 0 Å². The van der Waals surface area contributed by atoms with Gasteiger partial charge in [-0.15, -0.1) is 0 Å². The topological polar surface area (TPSA) is 30.5 Å². The summed E-state index contributed by atoms with van der Waals surface area (Å²) in [6, 6.07) is 6.19. The molecule has 2 rings (SSSR count). The maximum absolute atomic E-state index is 5.52. The predicted molar refractivity (Wildman–Crippen MR) is 82.5 cm³/mol. The summed E-state index contributed by atoms with van der Waals surface area (Å²) in [6.45, 7) is 0. The average molecular weight is 275 g/mol. The van der Waals surface area contributed by atoms with Gasteiger partial charge in [0.15, 0.2) is 0 Å². The molecular formula is C17H25NO2. The molecular weight excluding hydrogens is 250 g/mol. The second kappa shape index (κ2) is 7.34. The van der Waals surface area contributed by atoms with Crippen molar-refractivity contribution in [2.75, 3.05) is 21.3 Å². The van der Waals surface area contributed by atoms with Crippen molar-refractivity contribution in [1.82, 2.24) is 5.32 Å². The van der Waals surface area contributed by atoms with Gasteiger partial charge >= 0.3 is 0 Å². The molecule has 20 heavy (non-hydrogen) atoms. The van der Waals surface area contributed by atoms with Crippen LogP contribution in [0.15, 0.2) is 29.8 Å². The first-order valence-electron chi connectivity index (χ1n) is 7.36. The van der Waals surface area contributed by atoms with Gasteiger partial charge in [-0.05, 0) is 51.3 Å². The second-order valence-corrected chi connectivity index (χ2v) is 5.23. The lowest BCUT2D eigenvalue weighted by molar-refractivity contribution is 0.372. The van der Waals surface area contributed by atoms with Crippen LogP contribution >= 0.6 is 0 Å². The zero-order valence-corrected chi connectivity index (χ0v) is 12.7. The van der Waals surface area contributed by atoms with Crippen LogP contribution in [0.3, 0.4) is 0 Å². The van der Waals surface area contributed by atoms with Crippen molar-refractivity contribution in [3.63, 3.8) is 0 Å². The second-order valence-electron chi connectivity index (χ2n) is 5.23. The van der Waals surface area contributed by atoms with Gasteiger partial charge in [-0.3, -0.25) is 0 Å². The molecule has 0 saturated heterocycles. The Bertz CT molecular complexity index is 446. The van der Waals surface area contributed by atoms with Crippen LogP contribution in [0.5, 0.6) is 11.5 Å². The molecule has 1 N–H and O–H groups in total. The maximum atomic E-state index is 5.52. The first-order chi connectivity index (χ1) is 9.80. The molecule has 110 valence electrons. The largest absolute Gasteiger partial charge is 0.496 e. The number of methoxy groups -OCH3 is 2. The number of benzene rings is 1. The Hall–Kier alpha value is -1.48. The standard InChI is InChI=1S/C17H25NO2/c1-18-14(12-13-8-5-4-6-9-13)17-15(19-2)10-7-11-16(17)20-3/h7-8,10-11,14,18H,4-6,9,12H2,1-3H3. The van der Waals surface area contributed by atoms with E-state index in [4.69, 9.17) is 9.47 Å². The number of nitrogens with one attached hydrogen (secondary N) is 1. The molecule has 3 heteroatoms. The van der Waals surface area contributed by atoms with E-state index in [1.54, 1.807) is 19.8 Å². The molecule has 1 aliphatic carbocycles. The maximum Gasteiger partial charge on any atom is 0.127 e. The van der Waals surface area contributed by atoms with Gasteiger partial charge in [0.05, 0.1) is 19.8 Å². The molecule has 1 unspecified atom stereocenters. The fourth-order valence-corrected chi connectivity index (χ4v) is 2.92. The highest BCUT2D eigenvalue weighted by atomic mass is 16.5. The Morgan fingerprint density at radius 1 is 1.15 bits per heavy atom. The monoisotopic (exact) mass is 275 g/mol. The van der Waals surface area contributed by atoms with E-state index in [1.165, 1.54) is 25.7 Å². The van der Waals surface area contributed by atoms with Crippen molar-refractivity contribution in [3.05, 3.63) is 35.4 Å². The van der Waals surface area contributed by atoms with Gasteiger partial charge in [0.2, 0.25) is 0 Å². The molecule has 0 aromatic heterocycles. The van der Waals surface area contributed by atoms with E-state index in [2.05, 4.69) is 11.4 Å². The lowest BCUT2D eigenvalue weighted by Crippen LogP contribution is -2.19. The molecule has 0 aliphatic heterocycles. The quantitative estimate of drug-likeness (QED) is 0.800. The molecule has 0 fully saturated rings. The molecule has 0 spiro atoms.